The summed E-state index contributed by atoms with van der Waals surface area (Å²) < 4.78 is 4.95. The lowest BCUT2D eigenvalue weighted by Crippen LogP contribution is -2.14. The Morgan fingerprint density at radius 1 is 1.00 bits per heavy atom. The van der Waals surface area contributed by atoms with Crippen LogP contribution in [0.25, 0.3) is 0 Å². The van der Waals surface area contributed by atoms with Gasteiger partial charge in [0.2, 0.25) is 0 Å². The molecule has 3 aromatic rings. The Morgan fingerprint density at radius 2 is 1.68 bits per heavy atom. The second-order valence-corrected chi connectivity index (χ2v) is 6.11. The van der Waals surface area contributed by atoms with Gasteiger partial charge in [-0.3, -0.25) is 4.79 Å². The number of carbonyl (C=O) groups is 2. The molecule has 3 rings (SSSR count). The number of halogens is 1. The summed E-state index contributed by atoms with van der Waals surface area (Å²) in [7, 11) is 0. The van der Waals surface area contributed by atoms with Crippen LogP contribution in [-0.2, 0) is 4.74 Å². The number of benzene rings is 2. The number of rotatable bonds is 6. The Bertz CT molecular complexity index is 976. The van der Waals surface area contributed by atoms with Crippen LogP contribution in [0.2, 0.25) is 5.02 Å². The van der Waals surface area contributed by atoms with Gasteiger partial charge in [0.1, 0.15) is 17.8 Å². The lowest BCUT2D eigenvalue weighted by Gasteiger charge is -2.08. The first-order chi connectivity index (χ1) is 13.5. The molecule has 2 N–H and O–H groups in total. The van der Waals surface area contributed by atoms with Crippen LogP contribution in [0.15, 0.2) is 60.9 Å². The molecule has 1 amide bonds. The largest absolute Gasteiger partial charge is 0.462 e. The maximum atomic E-state index is 12.4. The van der Waals surface area contributed by atoms with Gasteiger partial charge in [0, 0.05) is 22.5 Å². The standard InChI is InChI=1S/C20H17ClN4O3/c1-2-28-20(27)13-3-7-15(8-4-13)24-18-11-17(22-12-23-18)19(26)25-16-9-5-14(21)6-10-16/h3-12H,2H2,1H3,(H,25,26)(H,22,23,24). The number of esters is 1. The second-order valence-electron chi connectivity index (χ2n) is 5.67. The van der Waals surface area contributed by atoms with Gasteiger partial charge in [0.15, 0.2) is 0 Å². The number of carbonyl (C=O) groups excluding carboxylic acids is 2. The maximum absolute atomic E-state index is 12.4. The molecule has 0 aliphatic carbocycles. The molecule has 8 heteroatoms. The number of ether oxygens (including phenoxy) is 1. The number of nitrogens with zero attached hydrogens (tertiary/aromatic N) is 2. The fourth-order valence-corrected chi connectivity index (χ4v) is 2.46. The third kappa shape index (κ3) is 5.05. The molecular weight excluding hydrogens is 380 g/mol. The van der Waals surface area contributed by atoms with E-state index in [1.165, 1.54) is 12.4 Å². The van der Waals surface area contributed by atoms with Crippen molar-refractivity contribution in [1.29, 1.82) is 0 Å². The molecule has 1 heterocycles. The van der Waals surface area contributed by atoms with Crippen molar-refractivity contribution in [2.24, 2.45) is 0 Å². The minimum Gasteiger partial charge on any atom is -0.462 e. The summed E-state index contributed by atoms with van der Waals surface area (Å²) in [6.45, 7) is 2.07. The van der Waals surface area contributed by atoms with Gasteiger partial charge >= 0.3 is 5.97 Å². The summed E-state index contributed by atoms with van der Waals surface area (Å²) in [4.78, 5) is 32.2. The topological polar surface area (TPSA) is 93.2 Å². The van der Waals surface area contributed by atoms with E-state index in [0.717, 1.165) is 0 Å². The molecule has 0 aliphatic heterocycles. The predicted molar refractivity (Wildman–Crippen MR) is 107 cm³/mol. The lowest BCUT2D eigenvalue weighted by molar-refractivity contribution is 0.0526. The van der Waals surface area contributed by atoms with Gasteiger partial charge in [-0.2, -0.15) is 0 Å². The monoisotopic (exact) mass is 396 g/mol. The van der Waals surface area contributed by atoms with E-state index in [1.54, 1.807) is 55.5 Å². The normalized spacial score (nSPS) is 10.2. The predicted octanol–water partition coefficient (Wildman–Crippen LogP) is 4.30. The third-order valence-electron chi connectivity index (χ3n) is 3.67. The van der Waals surface area contributed by atoms with Crippen molar-refractivity contribution in [3.63, 3.8) is 0 Å². The molecule has 7 nitrogen and oxygen atoms in total. The zero-order valence-electron chi connectivity index (χ0n) is 15.0. The maximum Gasteiger partial charge on any atom is 0.338 e. The summed E-state index contributed by atoms with van der Waals surface area (Å²) in [5.74, 6) is -0.303. The molecule has 0 saturated carbocycles. The fourth-order valence-electron chi connectivity index (χ4n) is 2.33. The van der Waals surface area contributed by atoms with E-state index in [9.17, 15) is 9.59 Å². The first-order valence-electron chi connectivity index (χ1n) is 8.48. The van der Waals surface area contributed by atoms with E-state index in [2.05, 4.69) is 20.6 Å². The quantitative estimate of drug-likeness (QED) is 0.603. The van der Waals surface area contributed by atoms with Gasteiger partial charge in [0.25, 0.3) is 5.91 Å². The van der Waals surface area contributed by atoms with Crippen LogP contribution in [0.3, 0.4) is 0 Å². The Labute approximate surface area is 166 Å². The van der Waals surface area contributed by atoms with Crippen LogP contribution in [0.1, 0.15) is 27.8 Å². The molecular formula is C20H17ClN4O3. The number of hydrogen-bond acceptors (Lipinski definition) is 6. The molecule has 2 aromatic carbocycles. The van der Waals surface area contributed by atoms with E-state index in [1.807, 2.05) is 0 Å². The molecule has 1 aromatic heterocycles. The van der Waals surface area contributed by atoms with E-state index < -0.39 is 0 Å². The zero-order valence-corrected chi connectivity index (χ0v) is 15.7. The van der Waals surface area contributed by atoms with Gasteiger partial charge in [0.05, 0.1) is 12.2 Å². The Hall–Kier alpha value is -3.45. The van der Waals surface area contributed by atoms with Crippen LogP contribution in [0.4, 0.5) is 17.2 Å². The van der Waals surface area contributed by atoms with Gasteiger partial charge in [-0.05, 0) is 55.5 Å². The molecule has 0 saturated heterocycles. The second kappa shape index (κ2) is 8.96. The van der Waals surface area contributed by atoms with Gasteiger partial charge in [-0.25, -0.2) is 14.8 Å². The average Bonchev–Trinajstić information content (AvgIpc) is 2.70. The lowest BCUT2D eigenvalue weighted by atomic mass is 10.2. The summed E-state index contributed by atoms with van der Waals surface area (Å²) in [6.07, 6.45) is 1.30. The first kappa shape index (κ1) is 19.3. The highest BCUT2D eigenvalue weighted by atomic mass is 35.5. The first-order valence-corrected chi connectivity index (χ1v) is 8.86. The van der Waals surface area contributed by atoms with Crippen molar-refractivity contribution in [2.75, 3.05) is 17.2 Å². The minimum atomic E-state index is -0.378. The SMILES string of the molecule is CCOC(=O)c1ccc(Nc2cc(C(=O)Nc3ccc(Cl)cc3)ncn2)cc1. The molecule has 0 bridgehead atoms. The molecule has 0 unspecified atom stereocenters. The van der Waals surface area contributed by atoms with Gasteiger partial charge in [-0.15, -0.1) is 0 Å². The zero-order chi connectivity index (χ0) is 19.9. The van der Waals surface area contributed by atoms with E-state index in [4.69, 9.17) is 16.3 Å². The third-order valence-corrected chi connectivity index (χ3v) is 3.92. The summed E-state index contributed by atoms with van der Waals surface area (Å²) in [6, 6.07) is 15.0. The number of aromatic nitrogens is 2. The molecule has 0 fully saturated rings. The number of anilines is 3. The molecule has 0 spiro atoms. The molecule has 0 aliphatic rings. The highest BCUT2D eigenvalue weighted by Gasteiger charge is 2.10. The van der Waals surface area contributed by atoms with Crippen molar-refractivity contribution in [1.82, 2.24) is 9.97 Å². The van der Waals surface area contributed by atoms with Crippen molar-refractivity contribution in [3.05, 3.63) is 77.2 Å². The highest BCUT2D eigenvalue weighted by Crippen LogP contribution is 2.17. The average molecular weight is 397 g/mol. The smallest absolute Gasteiger partial charge is 0.338 e. The molecule has 0 atom stereocenters. The minimum absolute atomic E-state index is 0.204. The van der Waals surface area contributed by atoms with Crippen LogP contribution in [0.5, 0.6) is 0 Å². The molecule has 142 valence electrons. The number of nitrogens with one attached hydrogen (secondary N) is 2. The summed E-state index contributed by atoms with van der Waals surface area (Å²) in [5, 5.41) is 6.39. The number of amides is 1. The summed E-state index contributed by atoms with van der Waals surface area (Å²) >= 11 is 5.84. The van der Waals surface area contributed by atoms with Crippen molar-refractivity contribution < 1.29 is 14.3 Å². The molecule has 28 heavy (non-hydrogen) atoms. The Kier molecular flexibility index (Phi) is 6.18. The van der Waals surface area contributed by atoms with Gasteiger partial charge in [-0.1, -0.05) is 11.6 Å². The summed E-state index contributed by atoms with van der Waals surface area (Å²) in [5.41, 5.74) is 1.97. The highest BCUT2D eigenvalue weighted by molar-refractivity contribution is 6.30. The van der Waals surface area contributed by atoms with Crippen molar-refractivity contribution in [2.45, 2.75) is 6.92 Å². The van der Waals surface area contributed by atoms with Crippen molar-refractivity contribution >= 4 is 40.7 Å². The van der Waals surface area contributed by atoms with Crippen molar-refractivity contribution in [3.8, 4) is 0 Å². The van der Waals surface area contributed by atoms with Crippen LogP contribution in [0, 0.1) is 0 Å². The van der Waals surface area contributed by atoms with Crippen LogP contribution >= 0.6 is 11.6 Å². The Balaban J connectivity index is 1.68. The Morgan fingerprint density at radius 3 is 2.36 bits per heavy atom. The van der Waals surface area contributed by atoms with E-state index >= 15 is 0 Å². The number of hydrogen-bond donors (Lipinski definition) is 2. The van der Waals surface area contributed by atoms with E-state index in [-0.39, 0.29) is 17.6 Å². The van der Waals surface area contributed by atoms with E-state index in [0.29, 0.717) is 34.4 Å². The van der Waals surface area contributed by atoms with Crippen LogP contribution in [-0.4, -0.2) is 28.5 Å². The molecule has 0 radical (unpaired) electrons. The fraction of sp³-hybridized carbons (Fsp3) is 0.100. The van der Waals surface area contributed by atoms with Gasteiger partial charge < -0.3 is 15.4 Å². The van der Waals surface area contributed by atoms with Crippen LogP contribution < -0.4 is 10.6 Å².